The van der Waals surface area contributed by atoms with Gasteiger partial charge in [0.2, 0.25) is 0 Å². The Balaban J connectivity index is 1.13. The average Bonchev–Trinajstić information content (AvgIpc) is 3.17. The van der Waals surface area contributed by atoms with Gasteiger partial charge in [-0.3, -0.25) is 0 Å². The van der Waals surface area contributed by atoms with Gasteiger partial charge in [-0.1, -0.05) is 127 Å². The molecule has 2 nitrogen and oxygen atoms in total. The summed E-state index contributed by atoms with van der Waals surface area (Å²) < 4.78 is 0. The fraction of sp³-hybridized carbons (Fsp3) is 0. The van der Waals surface area contributed by atoms with E-state index >= 15 is 0 Å². The molecule has 0 heterocycles. The van der Waals surface area contributed by atoms with Crippen molar-refractivity contribution in [2.75, 3.05) is 9.80 Å². The van der Waals surface area contributed by atoms with E-state index in [-0.39, 0.29) is 0 Å². The zero-order valence-electron chi connectivity index (χ0n) is 26.5. The fourth-order valence-electron chi connectivity index (χ4n) is 6.50. The van der Waals surface area contributed by atoms with Gasteiger partial charge in [-0.05, 0) is 112 Å². The van der Waals surface area contributed by atoms with Gasteiger partial charge in [0.05, 0.1) is 0 Å². The van der Waals surface area contributed by atoms with Crippen molar-refractivity contribution in [1.29, 1.82) is 0 Å². The second kappa shape index (κ2) is 13.2. The Bertz CT molecular complexity index is 2170. The highest BCUT2D eigenvalue weighted by Crippen LogP contribution is 2.39. The van der Waals surface area contributed by atoms with E-state index in [1.54, 1.807) is 0 Å². The van der Waals surface area contributed by atoms with Gasteiger partial charge in [0.1, 0.15) is 0 Å². The molecular formula is C46H34N2. The lowest BCUT2D eigenvalue weighted by Gasteiger charge is -2.25. The predicted octanol–water partition coefficient (Wildman–Crippen LogP) is 13.1. The van der Waals surface area contributed by atoms with Crippen LogP contribution in [0.5, 0.6) is 0 Å². The molecule has 8 aromatic rings. The molecule has 0 amide bonds. The van der Waals surface area contributed by atoms with E-state index in [0.717, 1.165) is 34.1 Å². The second-order valence-electron chi connectivity index (χ2n) is 11.8. The summed E-state index contributed by atoms with van der Waals surface area (Å²) in [5.41, 5.74) is 11.6. The van der Waals surface area contributed by atoms with Crippen molar-refractivity contribution in [3.63, 3.8) is 0 Å². The Labute approximate surface area is 282 Å². The lowest BCUT2D eigenvalue weighted by Crippen LogP contribution is -2.09. The van der Waals surface area contributed by atoms with E-state index < -0.39 is 0 Å². The van der Waals surface area contributed by atoms with Crippen LogP contribution in [0.3, 0.4) is 0 Å². The molecule has 8 aromatic carbocycles. The van der Waals surface area contributed by atoms with Crippen LogP contribution in [-0.4, -0.2) is 0 Å². The molecule has 0 N–H and O–H groups in total. The number of benzene rings is 8. The molecular weight excluding hydrogens is 581 g/mol. The van der Waals surface area contributed by atoms with Crippen LogP contribution in [-0.2, 0) is 0 Å². The Kier molecular flexibility index (Phi) is 7.96. The van der Waals surface area contributed by atoms with Crippen LogP contribution >= 0.6 is 0 Å². The molecule has 0 aliphatic heterocycles. The summed E-state index contributed by atoms with van der Waals surface area (Å²) in [5, 5.41) is 2.47. The number of rotatable bonds is 8. The van der Waals surface area contributed by atoms with E-state index in [0.29, 0.717) is 0 Å². The van der Waals surface area contributed by atoms with Crippen LogP contribution in [0.4, 0.5) is 34.1 Å². The molecule has 8 rings (SSSR count). The summed E-state index contributed by atoms with van der Waals surface area (Å²) in [6.07, 6.45) is 0. The molecule has 0 aliphatic rings. The SMILES string of the molecule is c1ccc(N(c2ccccc2)c2ccc(-c3ccc4cccc(-c5ccc(N(c6ccccc6)c6ccccc6)cc5)c4c3)cc2)cc1. The maximum atomic E-state index is 2.33. The summed E-state index contributed by atoms with van der Waals surface area (Å²) in [5.74, 6) is 0. The minimum absolute atomic E-state index is 1.12. The maximum Gasteiger partial charge on any atom is 0.0462 e. The first kappa shape index (κ1) is 29.1. The van der Waals surface area contributed by atoms with Crippen LogP contribution in [0.2, 0.25) is 0 Å². The monoisotopic (exact) mass is 614 g/mol. The van der Waals surface area contributed by atoms with Gasteiger partial charge in [-0.15, -0.1) is 0 Å². The first-order valence-electron chi connectivity index (χ1n) is 16.4. The van der Waals surface area contributed by atoms with Crippen LogP contribution in [0.25, 0.3) is 33.0 Å². The summed E-state index contributed by atoms with van der Waals surface area (Å²) in [6, 6.07) is 73.4. The molecule has 48 heavy (non-hydrogen) atoms. The Morgan fingerprint density at radius 2 is 0.625 bits per heavy atom. The number of fused-ring (bicyclic) bond motifs is 1. The molecule has 0 spiro atoms. The summed E-state index contributed by atoms with van der Waals surface area (Å²) in [6.45, 7) is 0. The molecule has 228 valence electrons. The van der Waals surface area contributed by atoms with Crippen molar-refractivity contribution >= 4 is 44.9 Å². The number of hydrogen-bond acceptors (Lipinski definition) is 2. The van der Waals surface area contributed by atoms with Crippen molar-refractivity contribution in [2.45, 2.75) is 0 Å². The highest BCUT2D eigenvalue weighted by molar-refractivity contribution is 5.99. The minimum atomic E-state index is 1.12. The van der Waals surface area contributed by atoms with Gasteiger partial charge in [0.25, 0.3) is 0 Å². The molecule has 0 aromatic heterocycles. The van der Waals surface area contributed by atoms with Crippen molar-refractivity contribution < 1.29 is 0 Å². The maximum absolute atomic E-state index is 2.33. The van der Waals surface area contributed by atoms with Crippen LogP contribution in [0.1, 0.15) is 0 Å². The smallest absolute Gasteiger partial charge is 0.0462 e. The van der Waals surface area contributed by atoms with Crippen LogP contribution < -0.4 is 9.80 Å². The minimum Gasteiger partial charge on any atom is -0.311 e. The predicted molar refractivity (Wildman–Crippen MR) is 204 cm³/mol. The molecule has 0 unspecified atom stereocenters. The topological polar surface area (TPSA) is 6.48 Å². The van der Waals surface area contributed by atoms with Crippen molar-refractivity contribution in [3.05, 3.63) is 206 Å². The molecule has 0 bridgehead atoms. The number of hydrogen-bond donors (Lipinski definition) is 0. The average molecular weight is 615 g/mol. The van der Waals surface area contributed by atoms with E-state index in [2.05, 4.69) is 216 Å². The van der Waals surface area contributed by atoms with Gasteiger partial charge < -0.3 is 9.80 Å². The highest BCUT2D eigenvalue weighted by atomic mass is 15.1. The van der Waals surface area contributed by atoms with E-state index in [1.807, 2.05) is 0 Å². The highest BCUT2D eigenvalue weighted by Gasteiger charge is 2.14. The van der Waals surface area contributed by atoms with E-state index in [1.165, 1.54) is 33.0 Å². The zero-order chi connectivity index (χ0) is 32.1. The lowest BCUT2D eigenvalue weighted by molar-refractivity contribution is 1.28. The lowest BCUT2D eigenvalue weighted by atomic mass is 9.94. The quantitative estimate of drug-likeness (QED) is 0.168. The van der Waals surface area contributed by atoms with Gasteiger partial charge in [0, 0.05) is 34.1 Å². The normalized spacial score (nSPS) is 10.9. The summed E-state index contributed by atoms with van der Waals surface area (Å²) in [7, 11) is 0. The van der Waals surface area contributed by atoms with Gasteiger partial charge in [-0.25, -0.2) is 0 Å². The fourth-order valence-corrected chi connectivity index (χ4v) is 6.50. The van der Waals surface area contributed by atoms with Crippen molar-refractivity contribution in [2.24, 2.45) is 0 Å². The molecule has 2 heteroatoms. The molecule has 0 saturated carbocycles. The Morgan fingerprint density at radius 1 is 0.250 bits per heavy atom. The van der Waals surface area contributed by atoms with Gasteiger partial charge >= 0.3 is 0 Å². The Hall–Kier alpha value is -6.38. The largest absolute Gasteiger partial charge is 0.311 e. The standard InChI is InChI=1S/C46H34N2/c1-5-15-39(16-6-1)47(40-17-7-2-8-18-40)43-30-26-35(27-31-43)38-25-24-36-14-13-23-45(46(36)34-38)37-28-32-44(33-29-37)48(41-19-9-3-10-20-41)42-21-11-4-12-22-42/h1-34H. The summed E-state index contributed by atoms with van der Waals surface area (Å²) >= 11 is 0. The van der Waals surface area contributed by atoms with E-state index in [4.69, 9.17) is 0 Å². The van der Waals surface area contributed by atoms with Gasteiger partial charge in [0.15, 0.2) is 0 Å². The number of para-hydroxylation sites is 4. The first-order valence-corrected chi connectivity index (χ1v) is 16.4. The second-order valence-corrected chi connectivity index (χ2v) is 11.8. The summed E-state index contributed by atoms with van der Waals surface area (Å²) in [4.78, 5) is 4.59. The van der Waals surface area contributed by atoms with Crippen molar-refractivity contribution in [3.8, 4) is 22.3 Å². The van der Waals surface area contributed by atoms with Gasteiger partial charge in [-0.2, -0.15) is 0 Å². The third-order valence-electron chi connectivity index (χ3n) is 8.84. The van der Waals surface area contributed by atoms with Crippen LogP contribution in [0.15, 0.2) is 206 Å². The van der Waals surface area contributed by atoms with Crippen molar-refractivity contribution in [1.82, 2.24) is 0 Å². The molecule has 0 fully saturated rings. The third-order valence-corrected chi connectivity index (χ3v) is 8.84. The molecule has 0 atom stereocenters. The Morgan fingerprint density at radius 3 is 1.06 bits per heavy atom. The van der Waals surface area contributed by atoms with E-state index in [9.17, 15) is 0 Å². The molecule has 0 saturated heterocycles. The number of anilines is 6. The van der Waals surface area contributed by atoms with Crippen LogP contribution in [0, 0.1) is 0 Å². The third kappa shape index (κ3) is 5.84. The molecule has 0 radical (unpaired) electrons. The zero-order valence-corrected chi connectivity index (χ0v) is 26.5. The first-order chi connectivity index (χ1) is 23.8. The molecule has 0 aliphatic carbocycles. The number of nitrogens with zero attached hydrogens (tertiary/aromatic N) is 2.